The van der Waals surface area contributed by atoms with Gasteiger partial charge in [0.2, 0.25) is 11.8 Å². The van der Waals surface area contributed by atoms with E-state index in [1.807, 2.05) is 66.4 Å². The van der Waals surface area contributed by atoms with Gasteiger partial charge >= 0.3 is 5.97 Å². The number of carbonyl (C=O) groups is 9. The van der Waals surface area contributed by atoms with Crippen LogP contribution < -0.4 is 34.6 Å². The highest BCUT2D eigenvalue weighted by atomic mass is 16.7. The summed E-state index contributed by atoms with van der Waals surface area (Å²) in [5, 5.41) is 5.89. The third kappa shape index (κ3) is 12.2. The highest BCUT2D eigenvalue weighted by molar-refractivity contribution is 6.15. The van der Waals surface area contributed by atoms with Crippen molar-refractivity contribution in [1.29, 1.82) is 0 Å². The van der Waals surface area contributed by atoms with Crippen molar-refractivity contribution in [1.82, 2.24) is 10.4 Å². The molecule has 0 aromatic heterocycles. The van der Waals surface area contributed by atoms with E-state index >= 15 is 0 Å². The molecule has 5 aromatic rings. The molecule has 1 fully saturated rings. The van der Waals surface area contributed by atoms with Crippen molar-refractivity contribution < 1.29 is 62.2 Å². The zero-order valence-electron chi connectivity index (χ0n) is 44.5. The van der Waals surface area contributed by atoms with E-state index in [4.69, 9.17) is 24.0 Å². The van der Waals surface area contributed by atoms with Crippen molar-refractivity contribution in [3.8, 4) is 17.2 Å². The van der Waals surface area contributed by atoms with Gasteiger partial charge in [-0.3, -0.25) is 48.2 Å². The Labute approximate surface area is 461 Å². The predicted octanol–water partition coefficient (Wildman–Crippen LogP) is 7.89. The molecule has 5 heterocycles. The van der Waals surface area contributed by atoms with Crippen LogP contribution in [0.25, 0.3) is 0 Å². The molecule has 19 nitrogen and oxygen atoms in total. The molecule has 5 aromatic carbocycles. The fourth-order valence-electron chi connectivity index (χ4n) is 10.8. The number of methoxy groups -OCH3 is 1. The number of benzene rings is 5. The number of hydroxylamine groups is 2. The number of hydrogen-bond acceptors (Lipinski definition) is 14. The molecule has 5 aliphatic rings. The van der Waals surface area contributed by atoms with Crippen LogP contribution in [0.2, 0.25) is 0 Å². The van der Waals surface area contributed by atoms with E-state index in [2.05, 4.69) is 16.7 Å². The lowest BCUT2D eigenvalue weighted by Crippen LogP contribution is -2.37. The fourth-order valence-corrected chi connectivity index (χ4v) is 10.8. The van der Waals surface area contributed by atoms with Gasteiger partial charge in [0.25, 0.3) is 23.6 Å². The molecule has 0 bridgehead atoms. The molecule has 0 radical (unpaired) electrons. The number of para-hydroxylation sites is 2. The summed E-state index contributed by atoms with van der Waals surface area (Å²) in [4.78, 5) is 128. The van der Waals surface area contributed by atoms with Crippen molar-refractivity contribution in [3.05, 3.63) is 136 Å². The number of aryl methyl sites for hydroxylation is 2. The molecular weight excluding hydrogens is 1020 g/mol. The van der Waals surface area contributed by atoms with Gasteiger partial charge in [0, 0.05) is 98.7 Å². The van der Waals surface area contributed by atoms with Crippen molar-refractivity contribution in [2.75, 3.05) is 28.8 Å². The number of ketones is 2. The van der Waals surface area contributed by atoms with Crippen LogP contribution in [-0.2, 0) is 70.9 Å². The molecule has 0 spiro atoms. The quantitative estimate of drug-likeness (QED) is 0.0496. The van der Waals surface area contributed by atoms with E-state index in [0.717, 1.165) is 46.5 Å². The van der Waals surface area contributed by atoms with Crippen LogP contribution in [0.4, 0.5) is 22.7 Å². The molecule has 6 amide bonds. The van der Waals surface area contributed by atoms with Crippen LogP contribution in [-0.4, -0.2) is 90.0 Å². The average molecular weight is 1090 g/mol. The van der Waals surface area contributed by atoms with Crippen molar-refractivity contribution in [2.45, 2.75) is 122 Å². The van der Waals surface area contributed by atoms with Gasteiger partial charge in [-0.25, -0.2) is 4.79 Å². The van der Waals surface area contributed by atoms with Crippen LogP contribution in [0.5, 0.6) is 17.2 Å². The normalized spacial score (nSPS) is 16.6. The zero-order chi connectivity index (χ0) is 56.0. The number of imide groups is 1. The Morgan fingerprint density at radius 1 is 0.625 bits per heavy atom. The summed E-state index contributed by atoms with van der Waals surface area (Å²) >= 11 is 0. The minimum Gasteiger partial charge on any atom is -0.493 e. The Kier molecular flexibility index (Phi) is 16.3. The van der Waals surface area contributed by atoms with Gasteiger partial charge in [-0.2, -0.15) is 0 Å². The molecule has 80 heavy (non-hydrogen) atoms. The van der Waals surface area contributed by atoms with Crippen molar-refractivity contribution >= 4 is 81.9 Å². The Balaban J connectivity index is 0.765. The largest absolute Gasteiger partial charge is 0.493 e. The standard InChI is InChI=1S/C61H60N6O13/c1-36-23-48-49(62-32-44-28-41-10-4-7-13-51(41)66(44)61(48)76)31-52(36)78-34-37-24-38(35-79-54-29-39-15-16-43-27-40-9-3-6-12-50(40)65(43)60(75)47(39)30-53(54)77-2)26-42(25-37)64-56(71)20-18-46(69)33-63-55(70)19-17-45(68)11-5-8-14-59(74)80-67-57(72)21-22-58(67)73/h3-4,6-7,9-10,12-13,23-26,29-32,43-44H,5,8,11,14-22,27-28,33-35H2,1-2H3,(H,63,70)(H,64,71)/t43-,44+/m1/s1. The molecule has 0 unspecified atom stereocenters. The third-order valence-corrected chi connectivity index (χ3v) is 15.0. The molecule has 2 atom stereocenters. The minimum atomic E-state index is -0.751. The van der Waals surface area contributed by atoms with Crippen LogP contribution in [0.3, 0.4) is 0 Å². The smallest absolute Gasteiger partial charge is 0.333 e. The van der Waals surface area contributed by atoms with Crippen molar-refractivity contribution in [3.63, 3.8) is 0 Å². The van der Waals surface area contributed by atoms with Gasteiger partial charge in [-0.1, -0.05) is 36.4 Å². The molecule has 412 valence electrons. The maximum atomic E-state index is 14.1. The molecule has 0 aliphatic carbocycles. The van der Waals surface area contributed by atoms with Crippen LogP contribution in [0.1, 0.15) is 125 Å². The second-order valence-corrected chi connectivity index (χ2v) is 20.6. The number of carbonyl (C=O) groups excluding carboxylic acids is 9. The monoisotopic (exact) mass is 1080 g/mol. The first-order valence-corrected chi connectivity index (χ1v) is 27.0. The van der Waals surface area contributed by atoms with E-state index in [0.29, 0.717) is 75.2 Å². The summed E-state index contributed by atoms with van der Waals surface area (Å²) in [5.41, 5.74) is 8.87. The number of Topliss-reactive ketones (excluding diaryl/α,β-unsaturated/α-hetero) is 2. The second kappa shape index (κ2) is 23.9. The Morgan fingerprint density at radius 2 is 1.27 bits per heavy atom. The summed E-state index contributed by atoms with van der Waals surface area (Å²) in [6, 6.07) is 28.3. The molecule has 1 saturated heterocycles. The van der Waals surface area contributed by atoms with Crippen LogP contribution in [0.15, 0.2) is 96.0 Å². The SMILES string of the molecule is COc1cc2c(cc1OCc1cc(COc3cc4c(cc3C)C(=O)N3c5ccccc5C[C@H]3C=N4)cc(NC(=O)CCC(=O)CNC(=O)CCC(=O)CCCCC(=O)ON3C(=O)CCC3=O)c1)CC[C@@H]1Cc3ccccc3N1C2=O. The Bertz CT molecular complexity index is 3370. The van der Waals surface area contributed by atoms with E-state index in [9.17, 15) is 43.2 Å². The number of hydrogen-bond donors (Lipinski definition) is 2. The first kappa shape index (κ1) is 54.4. The van der Waals surface area contributed by atoms with E-state index in [-0.39, 0.29) is 107 Å². The molecule has 10 rings (SSSR count). The number of ether oxygens (including phenoxy) is 3. The summed E-state index contributed by atoms with van der Waals surface area (Å²) in [7, 11) is 1.52. The molecule has 5 aliphatic heterocycles. The second-order valence-electron chi connectivity index (χ2n) is 20.6. The van der Waals surface area contributed by atoms with Gasteiger partial charge < -0.3 is 34.6 Å². The number of aliphatic imine (C=N–C) groups is 1. The molecule has 0 saturated carbocycles. The number of anilines is 3. The Hall–Kier alpha value is -9.00. The maximum Gasteiger partial charge on any atom is 0.333 e. The minimum absolute atomic E-state index is 0.0102. The summed E-state index contributed by atoms with van der Waals surface area (Å²) in [5.74, 6) is -2.36. The van der Waals surface area contributed by atoms with Crippen LogP contribution >= 0.6 is 0 Å². The summed E-state index contributed by atoms with van der Waals surface area (Å²) in [6.07, 6.45) is 4.71. The molecule has 19 heteroatoms. The van der Waals surface area contributed by atoms with Crippen molar-refractivity contribution in [2.24, 2.45) is 4.99 Å². The van der Waals surface area contributed by atoms with Gasteiger partial charge in [-0.05, 0) is 121 Å². The average Bonchev–Trinajstić information content (AvgIpc) is 4.07. The van der Waals surface area contributed by atoms with Gasteiger partial charge in [0.15, 0.2) is 17.3 Å². The predicted molar refractivity (Wildman–Crippen MR) is 293 cm³/mol. The number of fused-ring (bicyclic) bond motifs is 8. The van der Waals surface area contributed by atoms with E-state index < -0.39 is 35.4 Å². The number of nitrogens with zero attached hydrogens (tertiary/aromatic N) is 4. The highest BCUT2D eigenvalue weighted by Gasteiger charge is 2.39. The van der Waals surface area contributed by atoms with Gasteiger partial charge in [0.1, 0.15) is 24.7 Å². The lowest BCUT2D eigenvalue weighted by atomic mass is 9.99. The first-order chi connectivity index (χ1) is 38.7. The van der Waals surface area contributed by atoms with E-state index in [1.165, 1.54) is 7.11 Å². The fraction of sp³-hybridized carbons (Fsp3) is 0.344. The summed E-state index contributed by atoms with van der Waals surface area (Å²) in [6.45, 7) is 1.61. The van der Waals surface area contributed by atoms with Gasteiger partial charge in [0.05, 0.1) is 30.9 Å². The number of amides is 6. The van der Waals surface area contributed by atoms with Gasteiger partial charge in [-0.15, -0.1) is 5.06 Å². The zero-order valence-corrected chi connectivity index (χ0v) is 44.5. The highest BCUT2D eigenvalue weighted by Crippen LogP contribution is 2.42. The molecule has 2 N–H and O–H groups in total. The third-order valence-electron chi connectivity index (χ3n) is 15.0. The number of rotatable bonds is 22. The lowest BCUT2D eigenvalue weighted by molar-refractivity contribution is -0.197. The Morgan fingerprint density at radius 3 is 2.01 bits per heavy atom. The van der Waals surface area contributed by atoms with E-state index in [1.54, 1.807) is 41.4 Å². The number of unbranched alkanes of at least 4 members (excludes halogenated alkanes) is 1. The molecular formula is C61H60N6O13. The first-order valence-electron chi connectivity index (χ1n) is 27.0. The maximum absolute atomic E-state index is 14.1. The lowest BCUT2D eigenvalue weighted by Gasteiger charge is -2.23. The summed E-state index contributed by atoms with van der Waals surface area (Å²) < 4.78 is 18.7. The van der Waals surface area contributed by atoms with Crippen LogP contribution in [0, 0.1) is 6.92 Å². The number of nitrogens with one attached hydrogen (secondary N) is 2. The topological polar surface area (TPSA) is 237 Å².